The summed E-state index contributed by atoms with van der Waals surface area (Å²) in [5.41, 5.74) is 1.66. The summed E-state index contributed by atoms with van der Waals surface area (Å²) in [5, 5.41) is 1.83. The number of piperidine rings is 1. The van der Waals surface area contributed by atoms with Crippen molar-refractivity contribution in [2.45, 2.75) is 44.1 Å². The number of H-pyrrole nitrogens is 1. The lowest BCUT2D eigenvalue weighted by Gasteiger charge is -2.31. The van der Waals surface area contributed by atoms with Crippen molar-refractivity contribution in [1.29, 1.82) is 0 Å². The van der Waals surface area contributed by atoms with Gasteiger partial charge in [-0.25, -0.2) is 4.79 Å². The molecule has 0 spiro atoms. The number of nitrogens with one attached hydrogen (secondary N) is 1. The minimum Gasteiger partial charge on any atom is -0.462 e. The molecule has 6 heteroatoms. The van der Waals surface area contributed by atoms with Crippen molar-refractivity contribution in [2.24, 2.45) is 5.92 Å². The molecule has 1 aromatic carbocycles. The van der Waals surface area contributed by atoms with Gasteiger partial charge < -0.3 is 14.6 Å². The largest absolute Gasteiger partial charge is 0.462 e. The van der Waals surface area contributed by atoms with E-state index in [1.807, 2.05) is 24.3 Å². The van der Waals surface area contributed by atoms with Gasteiger partial charge in [0.05, 0.1) is 17.2 Å². The molecule has 1 aromatic heterocycles. The molecule has 4 nitrogen and oxygen atoms in total. The van der Waals surface area contributed by atoms with Crippen LogP contribution >= 0.6 is 23.4 Å². The van der Waals surface area contributed by atoms with E-state index in [1.54, 1.807) is 11.8 Å². The molecule has 0 unspecified atom stereocenters. The number of hydrogen-bond donors (Lipinski definition) is 1. The first-order valence-electron chi connectivity index (χ1n) is 10.4. The van der Waals surface area contributed by atoms with Crippen molar-refractivity contribution in [3.8, 4) is 0 Å². The van der Waals surface area contributed by atoms with Crippen LogP contribution in [0.1, 0.15) is 49.4 Å². The van der Waals surface area contributed by atoms with Crippen LogP contribution in [0.3, 0.4) is 0 Å². The van der Waals surface area contributed by atoms with Crippen LogP contribution in [-0.2, 0) is 4.74 Å². The number of carbonyl (C=O) groups is 1. The molecule has 0 bridgehead atoms. The number of halogens is 1. The van der Waals surface area contributed by atoms with Crippen molar-refractivity contribution in [3.63, 3.8) is 0 Å². The van der Waals surface area contributed by atoms with Gasteiger partial charge in [0, 0.05) is 22.5 Å². The van der Waals surface area contributed by atoms with E-state index in [9.17, 15) is 4.79 Å². The summed E-state index contributed by atoms with van der Waals surface area (Å²) in [6.07, 6.45) is 5.65. The Labute approximate surface area is 177 Å². The molecule has 0 atom stereocenters. The van der Waals surface area contributed by atoms with Crippen LogP contribution in [0.15, 0.2) is 29.3 Å². The molecule has 154 valence electrons. The maximum absolute atomic E-state index is 12.9. The minimum atomic E-state index is -0.209. The van der Waals surface area contributed by atoms with Gasteiger partial charge in [0.15, 0.2) is 0 Å². The Balaban J connectivity index is 1.59. The van der Waals surface area contributed by atoms with E-state index in [2.05, 4.69) is 16.8 Å². The number of alkyl halides is 1. The second kappa shape index (κ2) is 11.1. The molecule has 2 aromatic rings. The van der Waals surface area contributed by atoms with E-state index < -0.39 is 0 Å². The number of carbonyl (C=O) groups excluding carboxylic acids is 1. The molecule has 1 aliphatic rings. The second-order valence-corrected chi connectivity index (χ2v) is 8.99. The summed E-state index contributed by atoms with van der Waals surface area (Å²) in [4.78, 5) is 18.8. The topological polar surface area (TPSA) is 45.3 Å². The normalized spacial score (nSPS) is 15.9. The summed E-state index contributed by atoms with van der Waals surface area (Å²) in [7, 11) is 0. The van der Waals surface area contributed by atoms with Crippen molar-refractivity contribution >= 4 is 40.2 Å². The van der Waals surface area contributed by atoms with Gasteiger partial charge in [-0.3, -0.25) is 0 Å². The fourth-order valence-corrected chi connectivity index (χ4v) is 4.99. The number of unbranched alkanes of at least 4 members (excludes halogenated alkanes) is 1. The number of fused-ring (bicyclic) bond motifs is 1. The van der Waals surface area contributed by atoms with Gasteiger partial charge in [-0.15, -0.1) is 23.4 Å². The van der Waals surface area contributed by atoms with Gasteiger partial charge in [0.2, 0.25) is 0 Å². The number of esters is 1. The van der Waals surface area contributed by atoms with E-state index in [0.717, 1.165) is 54.0 Å². The third-order valence-electron chi connectivity index (χ3n) is 5.39. The SMILES string of the molecule is CCCCN1CCC(COC(=O)c2c(SCCCCl)[nH]c3ccccc23)CC1. The fourth-order valence-electron chi connectivity index (χ4n) is 3.68. The van der Waals surface area contributed by atoms with Crippen LogP contribution in [0, 0.1) is 5.92 Å². The van der Waals surface area contributed by atoms with Crippen molar-refractivity contribution in [2.75, 3.05) is 37.9 Å². The predicted molar refractivity (Wildman–Crippen MR) is 119 cm³/mol. The molecule has 0 saturated carbocycles. The van der Waals surface area contributed by atoms with Crippen molar-refractivity contribution in [3.05, 3.63) is 29.8 Å². The van der Waals surface area contributed by atoms with E-state index in [1.165, 1.54) is 19.4 Å². The third kappa shape index (κ3) is 5.68. The van der Waals surface area contributed by atoms with Crippen LogP contribution in [0.5, 0.6) is 0 Å². The van der Waals surface area contributed by atoms with Gasteiger partial charge in [-0.2, -0.15) is 0 Å². The number of thioether (sulfide) groups is 1. The highest BCUT2D eigenvalue weighted by atomic mass is 35.5. The number of aromatic nitrogens is 1. The molecular formula is C22H31ClN2O2S. The summed E-state index contributed by atoms with van der Waals surface area (Å²) < 4.78 is 5.78. The lowest BCUT2D eigenvalue weighted by Crippen LogP contribution is -2.36. The van der Waals surface area contributed by atoms with Gasteiger partial charge in [-0.1, -0.05) is 31.5 Å². The maximum Gasteiger partial charge on any atom is 0.341 e. The van der Waals surface area contributed by atoms with Crippen LogP contribution < -0.4 is 0 Å². The van der Waals surface area contributed by atoms with Gasteiger partial charge in [0.1, 0.15) is 0 Å². The second-order valence-electron chi connectivity index (χ2n) is 7.50. The monoisotopic (exact) mass is 422 g/mol. The Morgan fingerprint density at radius 3 is 2.82 bits per heavy atom. The highest BCUT2D eigenvalue weighted by molar-refractivity contribution is 7.99. The molecule has 1 N–H and O–H groups in total. The molecule has 0 aliphatic carbocycles. The third-order valence-corrected chi connectivity index (χ3v) is 6.74. The molecule has 3 rings (SSSR count). The average Bonchev–Trinajstić information content (AvgIpc) is 3.10. The molecule has 0 amide bonds. The summed E-state index contributed by atoms with van der Waals surface area (Å²) >= 11 is 7.45. The average molecular weight is 423 g/mol. The lowest BCUT2D eigenvalue weighted by atomic mass is 9.97. The predicted octanol–water partition coefficient (Wildman–Crippen LogP) is 5.56. The Morgan fingerprint density at radius 1 is 1.29 bits per heavy atom. The molecule has 1 saturated heterocycles. The molecule has 1 aliphatic heterocycles. The number of rotatable bonds is 10. The molecule has 28 heavy (non-hydrogen) atoms. The molecule has 0 radical (unpaired) electrons. The van der Waals surface area contributed by atoms with E-state index in [-0.39, 0.29) is 5.97 Å². The molecule has 2 heterocycles. The smallest absolute Gasteiger partial charge is 0.341 e. The fraction of sp³-hybridized carbons (Fsp3) is 0.591. The maximum atomic E-state index is 12.9. The summed E-state index contributed by atoms with van der Waals surface area (Å²) in [6.45, 7) is 6.19. The summed E-state index contributed by atoms with van der Waals surface area (Å²) in [6, 6.07) is 7.93. The lowest BCUT2D eigenvalue weighted by molar-refractivity contribution is 0.0370. The van der Waals surface area contributed by atoms with Crippen LogP contribution in [0.25, 0.3) is 10.9 Å². The molecular weight excluding hydrogens is 392 g/mol. The van der Waals surface area contributed by atoms with Crippen LogP contribution in [0.4, 0.5) is 0 Å². The van der Waals surface area contributed by atoms with Crippen LogP contribution in [0.2, 0.25) is 0 Å². The number of likely N-dealkylation sites (tertiary alicyclic amines) is 1. The Hall–Kier alpha value is -1.17. The zero-order valence-corrected chi connectivity index (χ0v) is 18.3. The number of benzene rings is 1. The van der Waals surface area contributed by atoms with Crippen LogP contribution in [-0.4, -0.2) is 53.7 Å². The number of ether oxygens (including phenoxy) is 1. The summed E-state index contributed by atoms with van der Waals surface area (Å²) in [5.74, 6) is 1.77. The van der Waals surface area contributed by atoms with Crippen molar-refractivity contribution in [1.82, 2.24) is 9.88 Å². The Bertz CT molecular complexity index is 756. The van der Waals surface area contributed by atoms with E-state index >= 15 is 0 Å². The first-order valence-corrected chi connectivity index (χ1v) is 11.9. The molecule has 1 fully saturated rings. The number of para-hydroxylation sites is 1. The Morgan fingerprint density at radius 2 is 2.07 bits per heavy atom. The van der Waals surface area contributed by atoms with Gasteiger partial charge in [0.25, 0.3) is 0 Å². The minimum absolute atomic E-state index is 0.209. The highest BCUT2D eigenvalue weighted by Crippen LogP contribution is 2.31. The van der Waals surface area contributed by atoms with E-state index in [4.69, 9.17) is 16.3 Å². The van der Waals surface area contributed by atoms with Gasteiger partial charge >= 0.3 is 5.97 Å². The first kappa shape index (κ1) is 21.5. The highest BCUT2D eigenvalue weighted by Gasteiger charge is 2.23. The number of aromatic amines is 1. The first-order chi connectivity index (χ1) is 13.7. The van der Waals surface area contributed by atoms with E-state index in [0.29, 0.717) is 24.0 Å². The standard InChI is InChI=1S/C22H31ClN2O2S/c1-2-3-12-25-13-9-17(10-14-25)16-27-22(26)20-18-7-4-5-8-19(18)24-21(20)28-15-6-11-23/h4-5,7-8,17,24H,2-3,6,9-16H2,1H3. The zero-order chi connectivity index (χ0) is 19.8. The van der Waals surface area contributed by atoms with Gasteiger partial charge in [-0.05, 0) is 57.3 Å². The van der Waals surface area contributed by atoms with Crippen molar-refractivity contribution < 1.29 is 9.53 Å². The Kier molecular flexibility index (Phi) is 8.56. The number of nitrogens with zero attached hydrogens (tertiary/aromatic N) is 1. The number of hydrogen-bond acceptors (Lipinski definition) is 4. The quantitative estimate of drug-likeness (QED) is 0.235. The zero-order valence-electron chi connectivity index (χ0n) is 16.7.